The number of benzene rings is 6. The van der Waals surface area contributed by atoms with Crippen LogP contribution in [-0.4, -0.2) is 165 Å². The van der Waals surface area contributed by atoms with Gasteiger partial charge in [0.1, 0.15) is 0 Å². The van der Waals surface area contributed by atoms with Crippen LogP contribution in [0.1, 0.15) is 266 Å². The molecule has 0 radical (unpaired) electrons. The number of carboxylic acids is 24. The van der Waals surface area contributed by atoms with Crippen molar-refractivity contribution in [2.45, 2.75) is 0 Å². The van der Waals surface area contributed by atoms with Crippen LogP contribution >= 0.6 is 0 Å². The van der Waals surface area contributed by atoms with Crippen molar-refractivity contribution < 1.29 is 456 Å². The Morgan fingerprint density at radius 3 is 0.156 bits per heavy atom. The molecule has 0 aromatic heterocycles. The number of rotatable bonds is 24. The monoisotopic (exact) mass is 2180 g/mol. The first kappa shape index (κ1) is 141. The molecule has 0 bridgehead atoms. The molecule has 4 N–H and O–H groups in total. The second kappa shape index (κ2) is 61.0. The molecule has 0 fully saturated rings. The van der Waals surface area contributed by atoms with Crippen molar-refractivity contribution in [3.05, 3.63) is 206 Å². The summed E-state index contributed by atoms with van der Waals surface area (Å²) in [7, 11) is 0. The number of carboxylic acid groups (broad SMARTS) is 24. The normalized spacial score (nSPS) is 8.66. The third-order valence-corrected chi connectivity index (χ3v) is 12.2. The fourth-order valence-electron chi connectivity index (χ4n) is 7.65. The van der Waals surface area contributed by atoms with Gasteiger partial charge in [0.15, 0.2) is 0 Å². The number of aromatic carboxylic acids is 24. The minimum atomic E-state index is -2.00. The average molecular weight is 2190 g/mol. The molecule has 0 unspecified atom stereocenters. The van der Waals surface area contributed by atoms with Crippen molar-refractivity contribution in [1.29, 1.82) is 0 Å². The van der Waals surface area contributed by atoms with Crippen LogP contribution in [0.25, 0.3) is 0 Å². The second-order valence-corrected chi connectivity index (χ2v) is 18.6. The summed E-state index contributed by atoms with van der Waals surface area (Å²) >= 11 is 0. The fraction of sp³-hybridized carbons (Fsp3) is 0. The minimum absolute atomic E-state index is 0. The van der Waals surface area contributed by atoms with Crippen LogP contribution in [0.3, 0.4) is 0 Å². The van der Waals surface area contributed by atoms with Crippen molar-refractivity contribution in [2.75, 3.05) is 0 Å². The van der Waals surface area contributed by atoms with Gasteiger partial charge in [-0.2, -0.15) is 0 Å². The molecule has 0 saturated heterocycles. The van der Waals surface area contributed by atoms with Crippen LogP contribution in [0.5, 0.6) is 0 Å². The Hall–Kier alpha value is -12.4. The summed E-state index contributed by atoms with van der Waals surface area (Å²) in [4.78, 5) is 254. The second-order valence-electron chi connectivity index (χ2n) is 18.6. The van der Waals surface area contributed by atoms with Gasteiger partial charge in [0, 0.05) is 134 Å². The van der Waals surface area contributed by atoms with Crippen molar-refractivity contribution in [3.63, 3.8) is 0 Å². The standard InChI is InChI=1S/6C10H6O8.4H2O.4O.6Zr/c6*11-7(12)3-1-4(8(13)14)6(10(17)18)2-5(3)9(15)16;;;;;;;;;;;;;;/h6*1-2H,(H,11,12)(H,13,14)(H,15,16)(H,17,18);4*1H2;;;;;;;;;;/q;;;;;;;;;;4*-2;6*+4/p-16. The van der Waals surface area contributed by atoms with Crippen LogP contribution in [0, 0.1) is 0 Å². The van der Waals surface area contributed by atoms with E-state index in [9.17, 15) is 238 Å². The summed E-state index contributed by atoms with van der Waals surface area (Å²) in [6.45, 7) is 0. The molecule has 628 valence electrons. The van der Waals surface area contributed by atoms with Crippen LogP contribution in [0.2, 0.25) is 0 Å². The van der Waals surface area contributed by atoms with E-state index in [1.165, 1.54) is 0 Å². The summed E-state index contributed by atoms with van der Waals surface area (Å²) in [5.41, 5.74) is -24.7. The van der Waals surface area contributed by atoms with Gasteiger partial charge < -0.3 is 281 Å². The zero-order valence-electron chi connectivity index (χ0n) is 68.9. The molecule has 6 rings (SSSR count). The van der Waals surface area contributed by atoms with Gasteiger partial charge in [-0.3, -0.25) is 0 Å². The Morgan fingerprint density at radius 2 is 0.139 bits per heavy atom. The first-order valence-corrected chi connectivity index (χ1v) is 25.7. The molecular formula is C60H28O56Zr6. The number of hydrogen-bond acceptors (Lipinski definition) is 52. The van der Waals surface area contributed by atoms with Gasteiger partial charge >= 0.3 is 174 Å². The van der Waals surface area contributed by atoms with Gasteiger partial charge in [0.05, 0.1) is 143 Å². The maximum atomic E-state index is 10.6. The quantitative estimate of drug-likeness (QED) is 0.0543. The molecule has 6 aromatic rings. The third kappa shape index (κ3) is 37.9. The topological polar surface area (TPSA) is 1200 Å². The van der Waals surface area contributed by atoms with Crippen molar-refractivity contribution in [3.8, 4) is 0 Å². The van der Waals surface area contributed by atoms with Crippen LogP contribution in [-0.2, 0) is 179 Å². The minimum Gasteiger partial charge on any atom is -2.00 e. The van der Waals surface area contributed by atoms with E-state index < -0.39 is 277 Å². The summed E-state index contributed by atoms with van der Waals surface area (Å²) in [6, 6.07) is 3.68. The van der Waals surface area contributed by atoms with Gasteiger partial charge in [0.25, 0.3) is 0 Å². The number of carbonyl (C=O) groups is 24. The van der Waals surface area contributed by atoms with E-state index >= 15 is 0 Å². The summed E-state index contributed by atoms with van der Waals surface area (Å²) in [5.74, 6) is -48.0. The first-order chi connectivity index (χ1) is 49.5. The van der Waals surface area contributed by atoms with Crippen LogP contribution in [0.15, 0.2) is 72.8 Å². The summed E-state index contributed by atoms with van der Waals surface area (Å²) in [6.07, 6.45) is 0. The molecule has 62 heteroatoms. The zero-order chi connectivity index (χ0) is 84.2. The Bertz CT molecular complexity index is 3740. The molecule has 0 heterocycles. The van der Waals surface area contributed by atoms with Gasteiger partial charge in [-0.15, -0.1) is 0 Å². The average Bonchev–Trinajstić information content (AvgIpc) is 0.833. The predicted octanol–water partition coefficient (Wildman–Crippen LogP) is -29.0. The van der Waals surface area contributed by atoms with E-state index in [-0.39, 0.29) is 218 Å². The van der Waals surface area contributed by atoms with Gasteiger partial charge in [-0.05, 0) is 72.8 Å². The molecule has 0 aliphatic rings. The van der Waals surface area contributed by atoms with Gasteiger partial charge in [0.2, 0.25) is 0 Å². The predicted molar refractivity (Wildman–Crippen MR) is 286 cm³/mol. The first-order valence-electron chi connectivity index (χ1n) is 25.7. The Balaban J connectivity index is -0.0000000419. The van der Waals surface area contributed by atoms with Crippen LogP contribution in [0.4, 0.5) is 0 Å². The van der Waals surface area contributed by atoms with Crippen molar-refractivity contribution in [2.24, 2.45) is 0 Å². The summed E-state index contributed by atoms with van der Waals surface area (Å²) < 4.78 is 0. The smallest absolute Gasteiger partial charge is 2.00 e. The number of hydrogen-bond donors (Lipinski definition) is 0. The van der Waals surface area contributed by atoms with Gasteiger partial charge in [-0.1, -0.05) is 0 Å². The maximum absolute atomic E-state index is 10.6. The third-order valence-electron chi connectivity index (χ3n) is 12.2. The number of carbonyl (C=O) groups excluding carboxylic acids is 24. The molecule has 0 aliphatic heterocycles. The van der Waals surface area contributed by atoms with E-state index in [1.807, 2.05) is 0 Å². The molecule has 0 saturated carbocycles. The van der Waals surface area contributed by atoms with Crippen LogP contribution < -0.4 is 123 Å². The van der Waals surface area contributed by atoms with Crippen molar-refractivity contribution in [1.82, 2.24) is 0 Å². The largest absolute Gasteiger partial charge is 4.00 e. The molecule has 6 aromatic carbocycles. The Morgan fingerprint density at radius 1 is 0.115 bits per heavy atom. The zero-order valence-corrected chi connectivity index (χ0v) is 71.7. The molecular weight excluding hydrogens is 2160 g/mol. The molecule has 0 amide bonds. The van der Waals surface area contributed by atoms with E-state index in [2.05, 4.69) is 0 Å². The van der Waals surface area contributed by atoms with Gasteiger partial charge in [-0.25, -0.2) is 0 Å². The Kier molecular flexibility index (Phi) is 70.7. The van der Waals surface area contributed by atoms with E-state index in [4.69, 9.17) is 0 Å². The van der Waals surface area contributed by atoms with E-state index in [0.29, 0.717) is 72.8 Å². The molecule has 0 spiro atoms. The molecule has 122 heavy (non-hydrogen) atoms. The fourth-order valence-corrected chi connectivity index (χ4v) is 7.65. The van der Waals surface area contributed by atoms with E-state index in [0.717, 1.165) is 0 Å². The SMILES string of the molecule is O=C([O-])c1cc(C(=O)[O-])c(C(=O)[O-])cc1C(=O)[O-].O=C([O-])c1cc(C(=O)[O-])c(C(=O)[O-])cc1C(=O)[O-].O=C([O-])c1cc(C(=O)[O-])c(C(=O)[O-])cc1C(=O)[O-].O=C([O-])c1cc(C(=O)[O-])c(C(=O)[O-])cc1C(=O)[O-].O=C([O-])c1cc(C(=O)[O-])c(C(=O)[O-])cc1C(=O)[O-].O=C([O-])c1cc(C(=O)[O-])c(C(=O)[O-])cc1C(=O)[O-].[H+].[H+].[H+].[H+].[H+].[H+].[H+].[H+].[H+].[H+].[H+].[H+].[O-2].[O-2].[O-2].[O-2].[OH-].[OH-].[OH-].[OH-].[Zr+4].[Zr+4].[Zr+4].[Zr+4].[Zr+4].[Zr+4]. The molecule has 56 nitrogen and oxygen atoms in total. The maximum Gasteiger partial charge on any atom is 4.00 e. The van der Waals surface area contributed by atoms with Crippen molar-refractivity contribution >= 4 is 143 Å². The molecule has 0 aliphatic carbocycles. The summed E-state index contributed by atoms with van der Waals surface area (Å²) in [5, 5.41) is 254. The molecule has 0 atom stereocenters. The Labute approximate surface area is 799 Å². The van der Waals surface area contributed by atoms with E-state index in [1.54, 1.807) is 0 Å².